The number of imidazole rings is 1. The lowest BCUT2D eigenvalue weighted by Gasteiger charge is -2.11. The summed E-state index contributed by atoms with van der Waals surface area (Å²) >= 11 is 0. The summed E-state index contributed by atoms with van der Waals surface area (Å²) in [4.78, 5) is 4.43. The highest BCUT2D eigenvalue weighted by molar-refractivity contribution is 5.41. The minimum atomic E-state index is 0.939. The van der Waals surface area contributed by atoms with Crippen LogP contribution in [-0.4, -0.2) is 16.1 Å². The molecule has 0 atom stereocenters. The fraction of sp³-hybridized carbons (Fsp3) is 0.438. The largest absolute Gasteiger partial charge is 0.313 e. The Balaban J connectivity index is 2.25. The molecule has 1 aromatic carbocycles. The molecule has 0 saturated carbocycles. The van der Waals surface area contributed by atoms with Gasteiger partial charge in [-0.1, -0.05) is 19.9 Å². The fourth-order valence-corrected chi connectivity index (χ4v) is 2.27. The number of benzene rings is 1. The van der Waals surface area contributed by atoms with E-state index in [0.717, 1.165) is 31.8 Å². The first-order valence-electron chi connectivity index (χ1n) is 7.09. The van der Waals surface area contributed by atoms with Crippen LogP contribution < -0.4 is 5.32 Å². The van der Waals surface area contributed by atoms with Gasteiger partial charge < -0.3 is 9.88 Å². The van der Waals surface area contributed by atoms with Crippen molar-refractivity contribution in [1.82, 2.24) is 14.9 Å². The third kappa shape index (κ3) is 3.24. The van der Waals surface area contributed by atoms with Gasteiger partial charge in [0.1, 0.15) is 5.82 Å². The molecule has 3 heteroatoms. The van der Waals surface area contributed by atoms with Gasteiger partial charge in [0.2, 0.25) is 0 Å². The van der Waals surface area contributed by atoms with E-state index in [1.54, 1.807) is 0 Å². The summed E-state index contributed by atoms with van der Waals surface area (Å²) in [6, 6.07) is 6.64. The third-order valence-corrected chi connectivity index (χ3v) is 3.36. The van der Waals surface area contributed by atoms with E-state index < -0.39 is 0 Å². The van der Waals surface area contributed by atoms with Crippen molar-refractivity contribution in [3.63, 3.8) is 0 Å². The van der Waals surface area contributed by atoms with Gasteiger partial charge in [-0.05, 0) is 43.1 Å². The summed E-state index contributed by atoms with van der Waals surface area (Å²) < 4.78 is 2.19. The van der Waals surface area contributed by atoms with Gasteiger partial charge in [0.05, 0.1) is 0 Å². The molecule has 0 spiro atoms. The van der Waals surface area contributed by atoms with Crippen molar-refractivity contribution in [3.05, 3.63) is 47.5 Å². The van der Waals surface area contributed by atoms with Crippen LogP contribution in [0, 0.1) is 6.92 Å². The van der Waals surface area contributed by atoms with Crippen LogP contribution in [-0.2, 0) is 13.0 Å². The van der Waals surface area contributed by atoms with Gasteiger partial charge in [0.15, 0.2) is 0 Å². The molecule has 102 valence electrons. The molecule has 0 amide bonds. The molecule has 0 radical (unpaired) electrons. The Morgan fingerprint density at radius 1 is 1.26 bits per heavy atom. The van der Waals surface area contributed by atoms with E-state index in [0.29, 0.717) is 0 Å². The molecule has 2 aromatic rings. The molecule has 3 nitrogen and oxygen atoms in total. The van der Waals surface area contributed by atoms with Gasteiger partial charge in [-0.25, -0.2) is 4.98 Å². The molecular formula is C16H23N3. The molecule has 1 N–H and O–H groups in total. The maximum absolute atomic E-state index is 4.43. The highest BCUT2D eigenvalue weighted by atomic mass is 15.1. The average molecular weight is 257 g/mol. The Labute approximate surface area is 115 Å². The van der Waals surface area contributed by atoms with Crippen LogP contribution in [0.25, 0.3) is 5.69 Å². The molecule has 0 aliphatic rings. The van der Waals surface area contributed by atoms with Crippen LogP contribution in [0.15, 0.2) is 30.6 Å². The van der Waals surface area contributed by atoms with Crippen molar-refractivity contribution < 1.29 is 0 Å². The summed E-state index contributed by atoms with van der Waals surface area (Å²) in [5.41, 5.74) is 3.90. The number of nitrogens with zero attached hydrogens (tertiary/aromatic N) is 2. The molecule has 0 aliphatic heterocycles. The van der Waals surface area contributed by atoms with Crippen LogP contribution in [0.1, 0.15) is 37.2 Å². The molecule has 1 aromatic heterocycles. The molecule has 0 unspecified atom stereocenters. The Hall–Kier alpha value is -1.61. The SMILES string of the molecule is CCCc1nccn1-c1ccc(CNCC)c(C)c1. The van der Waals surface area contributed by atoms with Crippen molar-refractivity contribution in [3.8, 4) is 5.69 Å². The minimum Gasteiger partial charge on any atom is -0.313 e. The fourth-order valence-electron chi connectivity index (χ4n) is 2.27. The number of aryl methyl sites for hydroxylation is 2. The third-order valence-electron chi connectivity index (χ3n) is 3.36. The standard InChI is InChI=1S/C16H23N3/c1-4-6-16-18-9-10-19(16)15-8-7-14(12-17-5-2)13(3)11-15/h7-11,17H,4-6,12H2,1-3H3. The maximum atomic E-state index is 4.43. The lowest BCUT2D eigenvalue weighted by atomic mass is 10.1. The second kappa shape index (κ2) is 6.53. The monoisotopic (exact) mass is 257 g/mol. The van der Waals surface area contributed by atoms with Gasteiger partial charge in [0.25, 0.3) is 0 Å². The normalized spacial score (nSPS) is 10.9. The van der Waals surface area contributed by atoms with Gasteiger partial charge in [-0.3, -0.25) is 0 Å². The van der Waals surface area contributed by atoms with Gasteiger partial charge in [-0.15, -0.1) is 0 Å². The highest BCUT2D eigenvalue weighted by Gasteiger charge is 2.06. The lowest BCUT2D eigenvalue weighted by Crippen LogP contribution is -2.13. The molecule has 0 fully saturated rings. The lowest BCUT2D eigenvalue weighted by molar-refractivity contribution is 0.723. The predicted molar refractivity (Wildman–Crippen MR) is 79.7 cm³/mol. The second-order valence-corrected chi connectivity index (χ2v) is 4.85. The van der Waals surface area contributed by atoms with Crippen molar-refractivity contribution in [1.29, 1.82) is 0 Å². The van der Waals surface area contributed by atoms with Gasteiger partial charge in [0, 0.05) is 31.0 Å². The Bertz CT molecular complexity index is 529. The Kier molecular flexibility index (Phi) is 4.74. The van der Waals surface area contributed by atoms with Crippen molar-refractivity contribution in [2.24, 2.45) is 0 Å². The second-order valence-electron chi connectivity index (χ2n) is 4.85. The average Bonchev–Trinajstić information content (AvgIpc) is 2.86. The van der Waals surface area contributed by atoms with Gasteiger partial charge in [-0.2, -0.15) is 0 Å². The van der Waals surface area contributed by atoms with E-state index in [1.165, 1.54) is 16.8 Å². The molecule has 0 aliphatic carbocycles. The Morgan fingerprint density at radius 3 is 2.79 bits per heavy atom. The van der Waals surface area contributed by atoms with E-state index in [2.05, 4.69) is 53.8 Å². The van der Waals surface area contributed by atoms with Gasteiger partial charge >= 0.3 is 0 Å². The smallest absolute Gasteiger partial charge is 0.113 e. The first-order valence-corrected chi connectivity index (χ1v) is 7.09. The van der Waals surface area contributed by atoms with Crippen molar-refractivity contribution in [2.75, 3.05) is 6.54 Å². The first kappa shape index (κ1) is 13.8. The zero-order chi connectivity index (χ0) is 13.7. The minimum absolute atomic E-state index is 0.939. The number of aromatic nitrogens is 2. The number of hydrogen-bond donors (Lipinski definition) is 1. The first-order chi connectivity index (χ1) is 9.26. The summed E-state index contributed by atoms with van der Waals surface area (Å²) in [6.07, 6.45) is 6.07. The van der Waals surface area contributed by atoms with E-state index >= 15 is 0 Å². The van der Waals surface area contributed by atoms with E-state index in [9.17, 15) is 0 Å². The molecular weight excluding hydrogens is 234 g/mol. The van der Waals surface area contributed by atoms with Crippen LogP contribution >= 0.6 is 0 Å². The maximum Gasteiger partial charge on any atom is 0.113 e. The zero-order valence-corrected chi connectivity index (χ0v) is 12.1. The number of nitrogens with one attached hydrogen (secondary N) is 1. The van der Waals surface area contributed by atoms with E-state index in [1.807, 2.05) is 12.4 Å². The molecule has 0 bridgehead atoms. The molecule has 2 rings (SSSR count). The topological polar surface area (TPSA) is 29.9 Å². The summed E-state index contributed by atoms with van der Waals surface area (Å²) in [7, 11) is 0. The van der Waals surface area contributed by atoms with Crippen LogP contribution in [0.5, 0.6) is 0 Å². The van der Waals surface area contributed by atoms with Crippen LogP contribution in [0.4, 0.5) is 0 Å². The summed E-state index contributed by atoms with van der Waals surface area (Å²) in [5, 5.41) is 3.37. The van der Waals surface area contributed by atoms with Crippen LogP contribution in [0.2, 0.25) is 0 Å². The molecule has 19 heavy (non-hydrogen) atoms. The Morgan fingerprint density at radius 2 is 2.11 bits per heavy atom. The predicted octanol–water partition coefficient (Wildman–Crippen LogP) is 3.24. The van der Waals surface area contributed by atoms with E-state index in [4.69, 9.17) is 0 Å². The highest BCUT2D eigenvalue weighted by Crippen LogP contribution is 2.17. The summed E-state index contributed by atoms with van der Waals surface area (Å²) in [6.45, 7) is 8.43. The number of hydrogen-bond acceptors (Lipinski definition) is 2. The van der Waals surface area contributed by atoms with Crippen molar-refractivity contribution >= 4 is 0 Å². The molecule has 0 saturated heterocycles. The van der Waals surface area contributed by atoms with E-state index in [-0.39, 0.29) is 0 Å². The molecule has 1 heterocycles. The van der Waals surface area contributed by atoms with Crippen molar-refractivity contribution in [2.45, 2.75) is 40.2 Å². The quantitative estimate of drug-likeness (QED) is 0.861. The zero-order valence-electron chi connectivity index (χ0n) is 12.1. The summed E-state index contributed by atoms with van der Waals surface area (Å²) in [5.74, 6) is 1.14. The van der Waals surface area contributed by atoms with Crippen LogP contribution in [0.3, 0.4) is 0 Å². The number of rotatable bonds is 6.